The molecule has 2 heterocycles. The highest BCUT2D eigenvalue weighted by atomic mass is 32.2. The monoisotopic (exact) mass is 873 g/mol. The molecule has 59 heavy (non-hydrogen) atoms. The van der Waals surface area contributed by atoms with Crippen molar-refractivity contribution >= 4 is 54.8 Å². The van der Waals surface area contributed by atoms with Crippen LogP contribution in [0, 0.1) is 18.8 Å². The average Bonchev–Trinajstić information content (AvgIpc) is 3.66. The zero-order chi connectivity index (χ0) is 43.8. The van der Waals surface area contributed by atoms with Crippen LogP contribution in [0.3, 0.4) is 0 Å². The molecule has 1 saturated heterocycles. The summed E-state index contributed by atoms with van der Waals surface area (Å²) in [5.41, 5.74) is -2.33. The van der Waals surface area contributed by atoms with Gasteiger partial charge in [0.25, 0.3) is 5.56 Å². The van der Waals surface area contributed by atoms with Gasteiger partial charge in [-0.3, -0.25) is 28.5 Å². The first kappa shape index (κ1) is 47.2. The summed E-state index contributed by atoms with van der Waals surface area (Å²) in [6.07, 6.45) is 5.90. The molecule has 1 aromatic heterocycles. The number of amides is 3. The first-order valence-electron chi connectivity index (χ1n) is 19.4. The highest BCUT2D eigenvalue weighted by Gasteiger charge is 2.46. The number of aromatic nitrogens is 2. The van der Waals surface area contributed by atoms with E-state index in [-0.39, 0.29) is 12.1 Å². The van der Waals surface area contributed by atoms with Crippen LogP contribution in [0.4, 0.5) is 0 Å². The molecule has 1 aliphatic rings. The van der Waals surface area contributed by atoms with Gasteiger partial charge in [0.05, 0.1) is 0 Å². The normalized spacial score (nSPS) is 15.5. The Morgan fingerprint density at radius 3 is 1.86 bits per heavy atom. The van der Waals surface area contributed by atoms with E-state index in [0.29, 0.717) is 28.9 Å². The Hall–Kier alpha value is -4.47. The molecule has 0 bridgehead atoms. The van der Waals surface area contributed by atoms with Crippen molar-refractivity contribution < 1.29 is 37.5 Å². The fourth-order valence-electron chi connectivity index (χ4n) is 6.48. The maximum atomic E-state index is 15.0. The molecule has 0 saturated carbocycles. The van der Waals surface area contributed by atoms with Gasteiger partial charge in [0.15, 0.2) is 5.78 Å². The summed E-state index contributed by atoms with van der Waals surface area (Å²) in [5, 5.41) is 5.64. The molecule has 3 amide bonds. The van der Waals surface area contributed by atoms with Crippen molar-refractivity contribution in [3.05, 3.63) is 81.1 Å². The van der Waals surface area contributed by atoms with Gasteiger partial charge >= 0.3 is 19.3 Å². The highest BCUT2D eigenvalue weighted by Crippen LogP contribution is 2.54. The number of ether oxygens (including phenoxy) is 1. The van der Waals surface area contributed by atoms with Crippen molar-refractivity contribution in [3.63, 3.8) is 0 Å². The Morgan fingerprint density at radius 1 is 0.847 bits per heavy atom. The average molecular weight is 874 g/mol. The number of nitrogens with zero attached hydrogens (tertiary/aromatic N) is 3. The molecule has 3 atom stereocenters. The first-order valence-corrected chi connectivity index (χ1v) is 23.4. The number of nitrogens with one attached hydrogen (secondary N) is 2. The van der Waals surface area contributed by atoms with Crippen molar-refractivity contribution in [3.8, 4) is 11.5 Å². The van der Waals surface area contributed by atoms with Crippen LogP contribution in [-0.2, 0) is 41.6 Å². The molecule has 4 rings (SSSR count). The number of hydrogen-bond acceptors (Lipinski definition) is 12. The lowest BCUT2D eigenvalue weighted by Crippen LogP contribution is -2.57. The van der Waals surface area contributed by atoms with Gasteiger partial charge in [-0.25, -0.2) is 13.9 Å². The van der Waals surface area contributed by atoms with Crippen LogP contribution >= 0.6 is 31.1 Å². The van der Waals surface area contributed by atoms with Crippen molar-refractivity contribution in [1.82, 2.24) is 24.7 Å². The van der Waals surface area contributed by atoms with Gasteiger partial charge in [0.1, 0.15) is 42.3 Å². The summed E-state index contributed by atoms with van der Waals surface area (Å²) < 4.78 is 34.3. The second-order valence-electron chi connectivity index (χ2n) is 16.0. The van der Waals surface area contributed by atoms with Crippen LogP contribution in [0.1, 0.15) is 66.9 Å². The summed E-state index contributed by atoms with van der Waals surface area (Å²) >= 11 is 3.08. The minimum Gasteiger partial charge on any atom is -0.459 e. The van der Waals surface area contributed by atoms with Gasteiger partial charge in [0, 0.05) is 28.1 Å². The van der Waals surface area contributed by atoms with Crippen LogP contribution < -0.4 is 30.9 Å². The van der Waals surface area contributed by atoms with Crippen LogP contribution in [0.2, 0.25) is 0 Å². The van der Waals surface area contributed by atoms with Gasteiger partial charge in [-0.2, -0.15) is 0 Å². The predicted octanol–water partition coefficient (Wildman–Crippen LogP) is 5.69. The van der Waals surface area contributed by atoms with Crippen molar-refractivity contribution in [1.29, 1.82) is 0 Å². The van der Waals surface area contributed by atoms with Crippen molar-refractivity contribution in [2.45, 2.75) is 115 Å². The maximum Gasteiger partial charge on any atom is 0.453 e. The van der Waals surface area contributed by atoms with Gasteiger partial charge in [-0.1, -0.05) is 27.7 Å². The molecule has 1 fully saturated rings. The third-order valence-electron chi connectivity index (χ3n) is 9.36. The highest BCUT2D eigenvalue weighted by molar-refractivity contribution is 7.98. The van der Waals surface area contributed by atoms with Gasteiger partial charge in [0.2, 0.25) is 17.7 Å². The van der Waals surface area contributed by atoms with Crippen LogP contribution in [0.25, 0.3) is 0 Å². The van der Waals surface area contributed by atoms with Gasteiger partial charge < -0.3 is 29.3 Å². The van der Waals surface area contributed by atoms with E-state index >= 15 is 0 Å². The third kappa shape index (κ3) is 12.5. The van der Waals surface area contributed by atoms with Gasteiger partial charge in [-0.05, 0) is 113 Å². The summed E-state index contributed by atoms with van der Waals surface area (Å²) in [6, 6.07) is 12.0. The zero-order valence-corrected chi connectivity index (χ0v) is 37.8. The topological polar surface area (TPSA) is 184 Å². The van der Waals surface area contributed by atoms with E-state index in [1.807, 2.05) is 36.8 Å². The fourth-order valence-corrected chi connectivity index (χ4v) is 9.40. The minimum absolute atomic E-state index is 0.116. The fraction of sp³-hybridized carbons (Fsp3) is 0.512. The SMILES string of the molecule is CSc1ccc(OP(=O)(Oc2ccc(SC)cc2)C(NC(=O)[C@@H]2CCCN2C(=O)[C@@H](NC(=O)Cn2cc(C)c(=O)n(CC(=O)OC(C)(C)C)c2=O)C(C)C)C(C)C)cc1. The lowest BCUT2D eigenvalue weighted by Gasteiger charge is -2.34. The van der Waals surface area contributed by atoms with Crippen molar-refractivity contribution in [2.75, 3.05) is 19.1 Å². The molecule has 0 aliphatic carbocycles. The number of benzene rings is 2. The number of carbonyl (C=O) groups is 4. The number of hydrogen-bond donors (Lipinski definition) is 2. The second-order valence-corrected chi connectivity index (χ2v) is 19.7. The first-order chi connectivity index (χ1) is 27.7. The number of likely N-dealkylation sites (tertiary alicyclic amines) is 1. The quantitative estimate of drug-likeness (QED) is 0.0962. The van der Waals surface area contributed by atoms with Gasteiger partial charge in [-0.15, -0.1) is 23.5 Å². The Bertz CT molecular complexity index is 2100. The molecule has 2 aromatic carbocycles. The van der Waals surface area contributed by atoms with E-state index in [4.69, 9.17) is 13.8 Å². The molecule has 15 nitrogen and oxygen atoms in total. The summed E-state index contributed by atoms with van der Waals surface area (Å²) in [5.74, 6) is -3.99. The van der Waals surface area contributed by atoms with Crippen LogP contribution in [0.5, 0.6) is 11.5 Å². The standard InChI is InChI=1S/C41H56N5O10PS2/c1-25(2)35(42-33(47)23-44-22-27(5)38(50)46(40(44)52)24-34(48)54-41(6,7)8)39(51)45-21-11-12-32(45)36(49)43-37(26(3)4)57(53,55-28-13-17-30(58-9)18-14-28)56-29-15-19-31(59-10)20-16-29/h13-20,22,25-26,32,35,37H,11-12,21,23-24H2,1-10H3,(H,42,47)(H,43,49)/t32-,35-,37?/m0/s1. The van der Waals surface area contributed by atoms with E-state index < -0.39 is 90.9 Å². The van der Waals surface area contributed by atoms with E-state index in [0.717, 1.165) is 14.4 Å². The third-order valence-corrected chi connectivity index (χ3v) is 13.2. The Morgan fingerprint density at radius 2 is 1.39 bits per heavy atom. The van der Waals surface area contributed by atoms with E-state index in [1.165, 1.54) is 18.0 Å². The van der Waals surface area contributed by atoms with Crippen molar-refractivity contribution in [2.24, 2.45) is 11.8 Å². The largest absolute Gasteiger partial charge is 0.459 e. The maximum absolute atomic E-state index is 15.0. The molecule has 1 aliphatic heterocycles. The predicted molar refractivity (Wildman–Crippen MR) is 229 cm³/mol. The molecule has 0 radical (unpaired) electrons. The number of esters is 1. The Balaban J connectivity index is 1.55. The lowest BCUT2D eigenvalue weighted by molar-refractivity contribution is -0.155. The van der Waals surface area contributed by atoms with Crippen LogP contribution in [0.15, 0.2) is 74.1 Å². The molecule has 2 N–H and O–H groups in total. The van der Waals surface area contributed by atoms with Crippen LogP contribution in [-0.4, -0.2) is 80.2 Å². The number of aryl methyl sites for hydroxylation is 1. The number of carbonyl (C=O) groups excluding carboxylic acids is 4. The zero-order valence-electron chi connectivity index (χ0n) is 35.3. The summed E-state index contributed by atoms with van der Waals surface area (Å²) in [6.45, 7) is 12.5. The smallest absolute Gasteiger partial charge is 0.453 e. The molecule has 1 unspecified atom stereocenters. The van der Waals surface area contributed by atoms with E-state index in [2.05, 4.69) is 10.6 Å². The molecule has 18 heteroatoms. The number of thioether (sulfide) groups is 2. The Labute approximate surface area is 353 Å². The Kier molecular flexibility index (Phi) is 16.2. The van der Waals surface area contributed by atoms with E-state index in [1.54, 1.807) is 96.3 Å². The number of rotatable bonds is 17. The summed E-state index contributed by atoms with van der Waals surface area (Å²) in [7, 11) is -4.21. The molecule has 3 aromatic rings. The van der Waals surface area contributed by atoms with E-state index in [9.17, 15) is 33.3 Å². The molecular formula is C41H56N5O10PS2. The minimum atomic E-state index is -4.21. The summed E-state index contributed by atoms with van der Waals surface area (Å²) in [4.78, 5) is 83.8. The molecular weight excluding hydrogens is 818 g/mol. The lowest BCUT2D eigenvalue weighted by atomic mass is 10.0. The second kappa shape index (κ2) is 20.2. The molecule has 0 spiro atoms. The molecule has 322 valence electrons.